The second-order valence-electron chi connectivity index (χ2n) is 7.35. The van der Waals surface area contributed by atoms with Gasteiger partial charge in [-0.05, 0) is 55.7 Å². The maximum Gasteiger partial charge on any atom is 0.327 e. The fourth-order valence-electron chi connectivity index (χ4n) is 3.15. The Kier molecular flexibility index (Phi) is 10.3. The van der Waals surface area contributed by atoms with Gasteiger partial charge in [0.25, 0.3) is 0 Å². The van der Waals surface area contributed by atoms with Gasteiger partial charge in [-0.1, -0.05) is 37.0 Å². The molecule has 0 fully saturated rings. The van der Waals surface area contributed by atoms with E-state index in [1.54, 1.807) is 39.2 Å². The van der Waals surface area contributed by atoms with E-state index in [9.17, 15) is 9.59 Å². The Bertz CT molecular complexity index is 956. The van der Waals surface area contributed by atoms with Crippen LogP contribution in [0.15, 0.2) is 30.3 Å². The van der Waals surface area contributed by atoms with Crippen molar-refractivity contribution in [2.45, 2.75) is 39.7 Å². The minimum absolute atomic E-state index is 0.175. The van der Waals surface area contributed by atoms with E-state index in [1.807, 2.05) is 12.1 Å². The fourth-order valence-corrected chi connectivity index (χ4v) is 3.73. The van der Waals surface area contributed by atoms with Gasteiger partial charge in [0.1, 0.15) is 17.5 Å². The van der Waals surface area contributed by atoms with Crippen LogP contribution in [0.1, 0.15) is 50.8 Å². The number of nitrogens with one attached hydrogen (secondary N) is 1. The van der Waals surface area contributed by atoms with Crippen LogP contribution in [0.3, 0.4) is 0 Å². The van der Waals surface area contributed by atoms with Crippen molar-refractivity contribution in [1.29, 1.82) is 0 Å². The number of ether oxygens (including phenoxy) is 4. The zero-order valence-electron chi connectivity index (χ0n) is 19.4. The Morgan fingerprint density at radius 3 is 2.18 bits per heavy atom. The molecular formula is C24H29Cl2NO6. The van der Waals surface area contributed by atoms with E-state index in [-0.39, 0.29) is 41.5 Å². The largest absolute Gasteiger partial charge is 0.496 e. The smallest absolute Gasteiger partial charge is 0.327 e. The lowest BCUT2D eigenvalue weighted by Crippen LogP contribution is -2.34. The van der Waals surface area contributed by atoms with Crippen LogP contribution in [-0.2, 0) is 19.1 Å². The van der Waals surface area contributed by atoms with Crippen LogP contribution in [0.25, 0.3) is 0 Å². The van der Waals surface area contributed by atoms with Crippen LogP contribution in [0.2, 0.25) is 10.0 Å². The molecule has 0 amide bonds. The lowest BCUT2D eigenvalue weighted by atomic mass is 10.0. The van der Waals surface area contributed by atoms with Gasteiger partial charge in [0.2, 0.25) is 0 Å². The fraction of sp³-hybridized carbons (Fsp3) is 0.417. The highest BCUT2D eigenvalue weighted by molar-refractivity contribution is 6.37. The molecule has 0 aliphatic heterocycles. The summed E-state index contributed by atoms with van der Waals surface area (Å²) in [5.41, 5.74) is 1.40. The van der Waals surface area contributed by atoms with Gasteiger partial charge in [-0.15, -0.1) is 0 Å². The minimum atomic E-state index is -0.966. The van der Waals surface area contributed by atoms with Crippen molar-refractivity contribution in [2.75, 3.05) is 26.9 Å². The quantitative estimate of drug-likeness (QED) is 0.400. The van der Waals surface area contributed by atoms with Gasteiger partial charge >= 0.3 is 11.9 Å². The van der Waals surface area contributed by atoms with Gasteiger partial charge in [-0.2, -0.15) is 0 Å². The van der Waals surface area contributed by atoms with E-state index in [0.29, 0.717) is 11.3 Å². The third-order valence-corrected chi connectivity index (χ3v) is 5.24. The summed E-state index contributed by atoms with van der Waals surface area (Å²) in [4.78, 5) is 24.3. The first kappa shape index (κ1) is 26.8. The molecule has 0 saturated heterocycles. The summed E-state index contributed by atoms with van der Waals surface area (Å²) in [7, 11) is 1.62. The molecule has 0 aromatic heterocycles. The average Bonchev–Trinajstić information content (AvgIpc) is 2.76. The van der Waals surface area contributed by atoms with E-state index in [0.717, 1.165) is 11.3 Å². The highest BCUT2D eigenvalue weighted by Crippen LogP contribution is 2.40. The van der Waals surface area contributed by atoms with Crippen molar-refractivity contribution in [3.05, 3.63) is 51.5 Å². The third-order valence-electron chi connectivity index (χ3n) is 4.68. The maximum atomic E-state index is 12.5. The first-order valence-electron chi connectivity index (χ1n) is 10.6. The lowest BCUT2D eigenvalue weighted by Gasteiger charge is -2.19. The van der Waals surface area contributed by atoms with E-state index >= 15 is 0 Å². The molecule has 7 nitrogen and oxygen atoms in total. The first-order chi connectivity index (χ1) is 15.7. The molecule has 1 atom stereocenters. The summed E-state index contributed by atoms with van der Waals surface area (Å²) in [5, 5.41) is 3.24. The summed E-state index contributed by atoms with van der Waals surface area (Å²) >= 11 is 13.0. The normalized spacial score (nSPS) is 11.8. The predicted octanol–water partition coefficient (Wildman–Crippen LogP) is 5.67. The number of hydrogen-bond acceptors (Lipinski definition) is 7. The average molecular weight is 498 g/mol. The predicted molar refractivity (Wildman–Crippen MR) is 128 cm³/mol. The number of rotatable bonds is 11. The molecule has 0 radical (unpaired) electrons. The number of carbonyl (C=O) groups is 2. The zero-order chi connectivity index (χ0) is 24.5. The van der Waals surface area contributed by atoms with Crippen molar-refractivity contribution in [1.82, 2.24) is 5.32 Å². The van der Waals surface area contributed by atoms with Crippen LogP contribution < -0.4 is 14.8 Å². The van der Waals surface area contributed by atoms with Gasteiger partial charge < -0.3 is 18.9 Å². The van der Waals surface area contributed by atoms with E-state index < -0.39 is 18.0 Å². The van der Waals surface area contributed by atoms with Crippen molar-refractivity contribution in [3.8, 4) is 17.2 Å². The molecule has 33 heavy (non-hydrogen) atoms. The number of carbonyl (C=O) groups excluding carboxylic acids is 2. The highest BCUT2D eigenvalue weighted by Gasteiger charge is 2.25. The van der Waals surface area contributed by atoms with Gasteiger partial charge in [0.15, 0.2) is 5.75 Å². The lowest BCUT2D eigenvalue weighted by molar-refractivity contribution is -0.146. The number of esters is 2. The summed E-state index contributed by atoms with van der Waals surface area (Å²) in [5.74, 6) is 0.694. The van der Waals surface area contributed by atoms with E-state index in [1.165, 1.54) is 0 Å². The summed E-state index contributed by atoms with van der Waals surface area (Å²) < 4.78 is 21.4. The first-order valence-corrected chi connectivity index (χ1v) is 11.4. The summed E-state index contributed by atoms with van der Waals surface area (Å²) in [6.45, 7) is 7.72. The Morgan fingerprint density at radius 1 is 1.00 bits per heavy atom. The molecule has 0 saturated carbocycles. The van der Waals surface area contributed by atoms with Crippen LogP contribution in [0.4, 0.5) is 0 Å². The standard InChI is InChI=1S/C24H29Cl2NO6/c1-6-31-21(28)13-27-22(24(29)32-7-2)15-10-18(25)23(19(26)11-15)33-16-8-9-20(30-5)17(12-16)14(3)4/h8-12,14,22,27H,6-7,13H2,1-5H3. The molecule has 180 valence electrons. The van der Waals surface area contributed by atoms with E-state index in [4.69, 9.17) is 42.1 Å². The molecule has 2 rings (SSSR count). The number of methoxy groups -OCH3 is 1. The SMILES string of the molecule is CCOC(=O)CNC(C(=O)OCC)c1cc(Cl)c(Oc2ccc(OC)c(C(C)C)c2)c(Cl)c1. The van der Waals surface area contributed by atoms with E-state index in [2.05, 4.69) is 19.2 Å². The maximum absolute atomic E-state index is 12.5. The van der Waals surface area contributed by atoms with Crippen LogP contribution in [0, 0.1) is 0 Å². The molecule has 1 unspecified atom stereocenters. The summed E-state index contributed by atoms with van der Waals surface area (Å²) in [6.07, 6.45) is 0. The number of halogens is 2. The molecule has 2 aromatic rings. The Labute approximate surface area is 204 Å². The zero-order valence-corrected chi connectivity index (χ0v) is 20.9. The molecular weight excluding hydrogens is 469 g/mol. The van der Waals surface area contributed by atoms with Crippen molar-refractivity contribution in [3.63, 3.8) is 0 Å². The minimum Gasteiger partial charge on any atom is -0.496 e. The van der Waals surface area contributed by atoms with Crippen molar-refractivity contribution < 1.29 is 28.5 Å². The molecule has 1 N–H and O–H groups in total. The molecule has 0 bridgehead atoms. The Hall–Kier alpha value is -2.48. The van der Waals surface area contributed by atoms with Crippen molar-refractivity contribution in [2.24, 2.45) is 0 Å². The molecule has 0 aliphatic carbocycles. The Balaban J connectivity index is 2.34. The molecule has 0 spiro atoms. The second-order valence-corrected chi connectivity index (χ2v) is 8.16. The van der Waals surface area contributed by atoms with Gasteiger partial charge in [0, 0.05) is 5.56 Å². The third kappa shape index (κ3) is 7.25. The molecule has 2 aromatic carbocycles. The van der Waals surface area contributed by atoms with Crippen LogP contribution in [-0.4, -0.2) is 38.8 Å². The van der Waals surface area contributed by atoms with Crippen LogP contribution in [0.5, 0.6) is 17.2 Å². The van der Waals surface area contributed by atoms with Gasteiger partial charge in [-0.3, -0.25) is 10.1 Å². The summed E-state index contributed by atoms with van der Waals surface area (Å²) in [6, 6.07) is 7.58. The highest BCUT2D eigenvalue weighted by atomic mass is 35.5. The van der Waals surface area contributed by atoms with Gasteiger partial charge in [-0.25, -0.2) is 4.79 Å². The second kappa shape index (κ2) is 12.7. The number of benzene rings is 2. The Morgan fingerprint density at radius 2 is 1.64 bits per heavy atom. The molecule has 9 heteroatoms. The monoisotopic (exact) mass is 497 g/mol. The van der Waals surface area contributed by atoms with Crippen LogP contribution >= 0.6 is 23.2 Å². The molecule has 0 aliphatic rings. The van der Waals surface area contributed by atoms with Crippen molar-refractivity contribution >= 4 is 35.1 Å². The van der Waals surface area contributed by atoms with Gasteiger partial charge in [0.05, 0.1) is 36.9 Å². The molecule has 0 heterocycles. The topological polar surface area (TPSA) is 83.1 Å². The number of hydrogen-bond donors (Lipinski definition) is 1.